The van der Waals surface area contributed by atoms with Crippen LogP contribution < -0.4 is 9.64 Å². The number of piperidine rings is 1. The van der Waals surface area contributed by atoms with Crippen molar-refractivity contribution in [1.29, 1.82) is 0 Å². The summed E-state index contributed by atoms with van der Waals surface area (Å²) in [5, 5.41) is 0.922. The molecule has 32 heavy (non-hydrogen) atoms. The number of hydrogen-bond donors (Lipinski definition) is 0. The summed E-state index contributed by atoms with van der Waals surface area (Å²) >= 11 is 0. The maximum absolute atomic E-state index is 12.4. The SMILES string of the molecule is CN(C)CC1CCN(c2c(C=O)cnc3ccc(-c4ccc(OC(F)F)cc4)cc23)CC1. The molecular formula is C25H27F2N3O2. The second-order valence-electron chi connectivity index (χ2n) is 8.51. The molecule has 1 saturated heterocycles. The number of alkyl halides is 2. The third-order valence-corrected chi connectivity index (χ3v) is 5.96. The molecule has 0 aliphatic carbocycles. The molecule has 2 aromatic carbocycles. The highest BCUT2D eigenvalue weighted by Crippen LogP contribution is 2.35. The van der Waals surface area contributed by atoms with Crippen molar-refractivity contribution in [1.82, 2.24) is 9.88 Å². The van der Waals surface area contributed by atoms with Gasteiger partial charge in [0, 0.05) is 31.2 Å². The van der Waals surface area contributed by atoms with Crippen molar-refractivity contribution in [2.75, 3.05) is 38.6 Å². The molecule has 3 aromatic rings. The first-order chi connectivity index (χ1) is 15.4. The number of carbonyl (C=O) groups is 1. The second-order valence-corrected chi connectivity index (χ2v) is 8.51. The Kier molecular flexibility index (Phi) is 6.65. The summed E-state index contributed by atoms with van der Waals surface area (Å²) < 4.78 is 29.3. The Morgan fingerprint density at radius 3 is 2.44 bits per heavy atom. The fraction of sp³-hybridized carbons (Fsp3) is 0.360. The number of anilines is 1. The predicted octanol–water partition coefficient (Wildman–Crippen LogP) is 5.09. The van der Waals surface area contributed by atoms with E-state index in [-0.39, 0.29) is 5.75 Å². The van der Waals surface area contributed by atoms with Gasteiger partial charge in [-0.05, 0) is 68.2 Å². The average molecular weight is 440 g/mol. The molecule has 0 N–H and O–H groups in total. The molecule has 1 aromatic heterocycles. The maximum atomic E-state index is 12.4. The van der Waals surface area contributed by atoms with Gasteiger partial charge >= 0.3 is 6.61 Å². The molecule has 0 atom stereocenters. The van der Waals surface area contributed by atoms with Crippen LogP contribution in [0.2, 0.25) is 0 Å². The van der Waals surface area contributed by atoms with Crippen molar-refractivity contribution in [3.63, 3.8) is 0 Å². The highest BCUT2D eigenvalue weighted by atomic mass is 19.3. The number of halogens is 2. The number of aldehydes is 1. The van der Waals surface area contributed by atoms with Crippen molar-refractivity contribution < 1.29 is 18.3 Å². The Bertz CT molecular complexity index is 1080. The molecule has 0 amide bonds. The summed E-state index contributed by atoms with van der Waals surface area (Å²) in [6.07, 6.45) is 4.67. The summed E-state index contributed by atoms with van der Waals surface area (Å²) in [7, 11) is 4.20. The van der Waals surface area contributed by atoms with Gasteiger partial charge in [-0.3, -0.25) is 9.78 Å². The van der Waals surface area contributed by atoms with E-state index in [1.54, 1.807) is 18.3 Å². The minimum absolute atomic E-state index is 0.121. The smallest absolute Gasteiger partial charge is 0.387 e. The van der Waals surface area contributed by atoms with Gasteiger partial charge in [-0.1, -0.05) is 18.2 Å². The Balaban J connectivity index is 1.67. The Labute approximate surface area is 186 Å². The molecule has 1 aliphatic rings. The van der Waals surface area contributed by atoms with Crippen molar-refractivity contribution >= 4 is 22.9 Å². The normalized spacial score (nSPS) is 15.0. The maximum Gasteiger partial charge on any atom is 0.387 e. The summed E-state index contributed by atoms with van der Waals surface area (Å²) in [6.45, 7) is 0.00442. The Morgan fingerprint density at radius 1 is 1.12 bits per heavy atom. The fourth-order valence-electron chi connectivity index (χ4n) is 4.50. The summed E-state index contributed by atoms with van der Waals surface area (Å²) in [6, 6.07) is 12.5. The molecule has 0 radical (unpaired) electrons. The lowest BCUT2D eigenvalue weighted by Gasteiger charge is -2.35. The van der Waals surface area contributed by atoms with Gasteiger partial charge in [0.15, 0.2) is 6.29 Å². The number of fused-ring (bicyclic) bond motifs is 1. The van der Waals surface area contributed by atoms with Crippen LogP contribution in [-0.4, -0.2) is 56.5 Å². The molecule has 0 saturated carbocycles. The van der Waals surface area contributed by atoms with Crippen molar-refractivity contribution in [3.05, 3.63) is 54.2 Å². The van der Waals surface area contributed by atoms with E-state index < -0.39 is 6.61 Å². The largest absolute Gasteiger partial charge is 0.435 e. The first kappa shape index (κ1) is 22.1. The lowest BCUT2D eigenvalue weighted by molar-refractivity contribution is -0.0498. The monoisotopic (exact) mass is 439 g/mol. The highest BCUT2D eigenvalue weighted by Gasteiger charge is 2.23. The molecule has 0 unspecified atom stereocenters. The van der Waals surface area contributed by atoms with Gasteiger partial charge in [0.25, 0.3) is 0 Å². The number of pyridine rings is 1. The molecule has 1 aliphatic heterocycles. The standard InChI is InChI=1S/C25H27F2N3O2/c1-29(2)15-17-9-11-30(12-10-17)24-20(16-31)14-28-23-8-5-19(13-22(23)24)18-3-6-21(7-4-18)32-25(26)27/h3-8,13-14,16-17,25H,9-12,15H2,1-2H3. The van der Waals surface area contributed by atoms with Crippen molar-refractivity contribution in [3.8, 4) is 16.9 Å². The zero-order valence-electron chi connectivity index (χ0n) is 18.3. The Morgan fingerprint density at radius 2 is 1.81 bits per heavy atom. The average Bonchev–Trinajstić information content (AvgIpc) is 2.78. The summed E-state index contributed by atoms with van der Waals surface area (Å²) in [5.41, 5.74) is 4.13. The zero-order valence-corrected chi connectivity index (χ0v) is 18.3. The number of carbonyl (C=O) groups excluding carboxylic acids is 1. The number of ether oxygens (including phenoxy) is 1. The van der Waals surface area contributed by atoms with Gasteiger partial charge in [-0.2, -0.15) is 8.78 Å². The molecule has 1 fully saturated rings. The van der Waals surface area contributed by atoms with Crippen LogP contribution in [0.3, 0.4) is 0 Å². The van der Waals surface area contributed by atoms with Gasteiger partial charge < -0.3 is 14.5 Å². The molecule has 0 bridgehead atoms. The summed E-state index contributed by atoms with van der Waals surface area (Å²) in [5.74, 6) is 0.772. The summed E-state index contributed by atoms with van der Waals surface area (Å²) in [4.78, 5) is 20.9. The van der Waals surface area contributed by atoms with E-state index in [9.17, 15) is 13.6 Å². The van der Waals surface area contributed by atoms with Gasteiger partial charge in [-0.25, -0.2) is 0 Å². The molecule has 7 heteroatoms. The van der Waals surface area contributed by atoms with E-state index in [4.69, 9.17) is 0 Å². The number of aromatic nitrogens is 1. The predicted molar refractivity (Wildman–Crippen MR) is 123 cm³/mol. The number of benzene rings is 2. The first-order valence-electron chi connectivity index (χ1n) is 10.8. The molecule has 168 valence electrons. The fourth-order valence-corrected chi connectivity index (χ4v) is 4.50. The van der Waals surface area contributed by atoms with Gasteiger partial charge in [0.1, 0.15) is 5.75 Å². The lowest BCUT2D eigenvalue weighted by Crippen LogP contribution is -2.37. The quantitative estimate of drug-likeness (QED) is 0.480. The van der Waals surface area contributed by atoms with Crippen LogP contribution >= 0.6 is 0 Å². The van der Waals surface area contributed by atoms with E-state index in [2.05, 4.69) is 33.6 Å². The number of rotatable bonds is 7. The molecule has 0 spiro atoms. The zero-order chi connectivity index (χ0) is 22.7. The number of nitrogens with zero attached hydrogens (tertiary/aromatic N) is 3. The van der Waals surface area contributed by atoms with Crippen LogP contribution in [0.15, 0.2) is 48.7 Å². The van der Waals surface area contributed by atoms with Crippen LogP contribution in [0.25, 0.3) is 22.0 Å². The van der Waals surface area contributed by atoms with Crippen molar-refractivity contribution in [2.24, 2.45) is 5.92 Å². The van der Waals surface area contributed by atoms with E-state index in [0.717, 1.165) is 66.5 Å². The van der Waals surface area contributed by atoms with Crippen LogP contribution in [-0.2, 0) is 0 Å². The lowest BCUT2D eigenvalue weighted by atomic mass is 9.94. The number of hydrogen-bond acceptors (Lipinski definition) is 5. The van der Waals surface area contributed by atoms with Gasteiger partial charge in [-0.15, -0.1) is 0 Å². The van der Waals surface area contributed by atoms with Crippen LogP contribution in [0, 0.1) is 5.92 Å². The van der Waals surface area contributed by atoms with E-state index >= 15 is 0 Å². The molecule has 5 nitrogen and oxygen atoms in total. The van der Waals surface area contributed by atoms with Gasteiger partial charge in [0.05, 0.1) is 16.8 Å². The van der Waals surface area contributed by atoms with Crippen molar-refractivity contribution in [2.45, 2.75) is 19.5 Å². The van der Waals surface area contributed by atoms with Crippen LogP contribution in [0.4, 0.5) is 14.5 Å². The molecular weight excluding hydrogens is 412 g/mol. The topological polar surface area (TPSA) is 45.7 Å². The third-order valence-electron chi connectivity index (χ3n) is 5.96. The van der Waals surface area contributed by atoms with E-state index in [0.29, 0.717) is 11.5 Å². The third kappa shape index (κ3) is 4.88. The Hall–Kier alpha value is -3.06. The van der Waals surface area contributed by atoms with Gasteiger partial charge in [0.2, 0.25) is 0 Å². The molecule has 2 heterocycles. The minimum atomic E-state index is -2.85. The van der Waals surface area contributed by atoms with E-state index in [1.807, 2.05) is 18.2 Å². The van der Waals surface area contributed by atoms with Crippen LogP contribution in [0.5, 0.6) is 5.75 Å². The minimum Gasteiger partial charge on any atom is -0.435 e. The van der Waals surface area contributed by atoms with E-state index in [1.165, 1.54) is 12.1 Å². The second kappa shape index (κ2) is 9.61. The first-order valence-corrected chi connectivity index (χ1v) is 10.8. The molecule has 4 rings (SSSR count). The van der Waals surface area contributed by atoms with Crippen LogP contribution in [0.1, 0.15) is 23.2 Å². The highest BCUT2D eigenvalue weighted by molar-refractivity contribution is 6.02.